The van der Waals surface area contributed by atoms with Crippen LogP contribution in [0.4, 0.5) is 5.69 Å². The van der Waals surface area contributed by atoms with Gasteiger partial charge in [-0.1, -0.05) is 78.0 Å². The van der Waals surface area contributed by atoms with E-state index >= 15 is 0 Å². The topological polar surface area (TPSA) is 33.4 Å². The van der Waals surface area contributed by atoms with Crippen LogP contribution in [0.2, 0.25) is 5.02 Å². The molecule has 0 bridgehead atoms. The van der Waals surface area contributed by atoms with Crippen LogP contribution in [0.5, 0.6) is 0 Å². The molecule has 31 heavy (non-hydrogen) atoms. The predicted octanol–water partition coefficient (Wildman–Crippen LogP) is 6.43. The minimum Gasteiger partial charge on any atom is -0.346 e. The van der Waals surface area contributed by atoms with Crippen LogP contribution < -0.4 is 0 Å². The van der Waals surface area contributed by atoms with Crippen molar-refractivity contribution in [3.8, 4) is 16.9 Å². The van der Waals surface area contributed by atoms with Gasteiger partial charge in [-0.05, 0) is 30.3 Å². The van der Waals surface area contributed by atoms with E-state index in [4.69, 9.17) is 21.7 Å². The molecule has 0 saturated carbocycles. The Morgan fingerprint density at radius 2 is 1.61 bits per heavy atom. The van der Waals surface area contributed by atoms with E-state index in [0.29, 0.717) is 5.02 Å². The van der Waals surface area contributed by atoms with E-state index in [1.54, 1.807) is 11.8 Å². The molecule has 0 aliphatic carbocycles. The van der Waals surface area contributed by atoms with Crippen LogP contribution in [0.25, 0.3) is 16.9 Å². The Hall–Kier alpha value is -3.02. The van der Waals surface area contributed by atoms with Gasteiger partial charge in [0, 0.05) is 36.2 Å². The summed E-state index contributed by atoms with van der Waals surface area (Å²) < 4.78 is 1.94. The van der Waals surface area contributed by atoms with Gasteiger partial charge in [-0.3, -0.25) is 0 Å². The molecule has 1 fully saturated rings. The van der Waals surface area contributed by atoms with Crippen LogP contribution in [-0.2, 0) is 6.54 Å². The van der Waals surface area contributed by atoms with E-state index < -0.39 is 0 Å². The standard InChI is InChI=1S/C25H21ClN4S/c26-23-14-8-7-13-22(23)24-19(18-30(28-24)21-11-5-2-6-12-21)17-29-15-16-31-25(29)27-20-9-3-1-4-10-20/h1-14,18H,15-17H2. The van der Waals surface area contributed by atoms with Gasteiger partial charge in [0.2, 0.25) is 0 Å². The van der Waals surface area contributed by atoms with Gasteiger partial charge in [-0.2, -0.15) is 5.10 Å². The van der Waals surface area contributed by atoms with Crippen LogP contribution in [0.3, 0.4) is 0 Å². The Kier molecular flexibility index (Phi) is 5.78. The van der Waals surface area contributed by atoms with Gasteiger partial charge in [0.25, 0.3) is 0 Å². The van der Waals surface area contributed by atoms with Gasteiger partial charge < -0.3 is 4.90 Å². The molecule has 5 rings (SSSR count). The largest absolute Gasteiger partial charge is 0.346 e. The number of aliphatic imine (C=N–C) groups is 1. The highest BCUT2D eigenvalue weighted by Crippen LogP contribution is 2.32. The second-order valence-electron chi connectivity index (χ2n) is 7.26. The summed E-state index contributed by atoms with van der Waals surface area (Å²) >= 11 is 8.34. The number of hydrogen-bond donors (Lipinski definition) is 0. The van der Waals surface area contributed by atoms with Crippen molar-refractivity contribution >= 4 is 34.2 Å². The van der Waals surface area contributed by atoms with Crippen LogP contribution in [-0.4, -0.2) is 32.1 Å². The number of hydrogen-bond acceptors (Lipinski definition) is 3. The average molecular weight is 445 g/mol. The molecular formula is C25H21ClN4S. The SMILES string of the molecule is Clc1ccccc1-c1nn(-c2ccccc2)cc1CN1CCSC1=Nc1ccccc1. The normalized spacial score (nSPS) is 15.0. The van der Waals surface area contributed by atoms with Gasteiger partial charge in [0.05, 0.1) is 22.1 Å². The summed E-state index contributed by atoms with van der Waals surface area (Å²) in [6, 6.07) is 28.2. The molecule has 4 nitrogen and oxygen atoms in total. The van der Waals surface area contributed by atoms with Crippen molar-refractivity contribution in [3.05, 3.63) is 102 Å². The Morgan fingerprint density at radius 1 is 0.903 bits per heavy atom. The predicted molar refractivity (Wildman–Crippen MR) is 130 cm³/mol. The smallest absolute Gasteiger partial charge is 0.164 e. The number of para-hydroxylation sites is 2. The van der Waals surface area contributed by atoms with Crippen molar-refractivity contribution in [2.75, 3.05) is 12.3 Å². The Bertz CT molecular complexity index is 1200. The fourth-order valence-electron chi connectivity index (χ4n) is 3.62. The first kappa shape index (κ1) is 19.9. The highest BCUT2D eigenvalue weighted by atomic mass is 35.5. The maximum absolute atomic E-state index is 6.55. The lowest BCUT2D eigenvalue weighted by atomic mass is 10.1. The first-order valence-electron chi connectivity index (χ1n) is 10.2. The molecule has 2 heterocycles. The summed E-state index contributed by atoms with van der Waals surface area (Å²) in [4.78, 5) is 7.20. The summed E-state index contributed by atoms with van der Waals surface area (Å²) in [5.74, 6) is 1.03. The van der Waals surface area contributed by atoms with Crippen molar-refractivity contribution in [2.24, 2.45) is 4.99 Å². The molecule has 0 unspecified atom stereocenters. The van der Waals surface area contributed by atoms with Crippen LogP contribution in [0.15, 0.2) is 96.1 Å². The summed E-state index contributed by atoms with van der Waals surface area (Å²) in [5, 5.41) is 6.67. The molecule has 1 aromatic heterocycles. The minimum atomic E-state index is 0.705. The van der Waals surface area contributed by atoms with E-state index in [9.17, 15) is 0 Å². The molecule has 3 aromatic carbocycles. The van der Waals surface area contributed by atoms with Gasteiger partial charge in [0.1, 0.15) is 0 Å². The maximum Gasteiger partial charge on any atom is 0.164 e. The lowest BCUT2D eigenvalue weighted by Crippen LogP contribution is -2.23. The first-order chi connectivity index (χ1) is 15.3. The second kappa shape index (κ2) is 9.00. The number of thioether (sulfide) groups is 1. The van der Waals surface area contributed by atoms with Crippen LogP contribution in [0.1, 0.15) is 5.56 Å². The van der Waals surface area contributed by atoms with Gasteiger partial charge in [0.15, 0.2) is 5.17 Å². The van der Waals surface area contributed by atoms with Crippen molar-refractivity contribution < 1.29 is 0 Å². The Labute approximate surface area is 191 Å². The molecule has 4 aromatic rings. The first-order valence-corrected chi connectivity index (χ1v) is 11.5. The molecule has 1 saturated heterocycles. The molecule has 0 spiro atoms. The third-order valence-electron chi connectivity index (χ3n) is 5.14. The number of rotatable bonds is 5. The van der Waals surface area contributed by atoms with E-state index in [1.807, 2.05) is 77.5 Å². The molecule has 0 atom stereocenters. The summed E-state index contributed by atoms with van der Waals surface area (Å²) in [5.41, 5.74) is 4.98. The number of benzene rings is 3. The lowest BCUT2D eigenvalue weighted by Gasteiger charge is -2.18. The number of amidine groups is 1. The van der Waals surface area contributed by atoms with E-state index in [0.717, 1.165) is 52.2 Å². The molecule has 6 heteroatoms. The molecular weight excluding hydrogens is 424 g/mol. The van der Waals surface area contributed by atoms with Crippen LogP contribution in [0, 0.1) is 0 Å². The molecule has 1 aliphatic rings. The number of halogens is 1. The monoisotopic (exact) mass is 444 g/mol. The summed E-state index contributed by atoms with van der Waals surface area (Å²) in [6.45, 7) is 1.68. The van der Waals surface area contributed by atoms with Crippen molar-refractivity contribution in [3.63, 3.8) is 0 Å². The molecule has 0 radical (unpaired) electrons. The van der Waals surface area contributed by atoms with Gasteiger partial charge in [-0.15, -0.1) is 0 Å². The maximum atomic E-state index is 6.55. The van der Waals surface area contributed by atoms with Crippen molar-refractivity contribution in [1.82, 2.24) is 14.7 Å². The van der Waals surface area contributed by atoms with E-state index in [-0.39, 0.29) is 0 Å². The third kappa shape index (κ3) is 4.38. The number of aromatic nitrogens is 2. The molecule has 0 N–H and O–H groups in total. The molecule has 0 amide bonds. The lowest BCUT2D eigenvalue weighted by molar-refractivity contribution is 0.458. The van der Waals surface area contributed by atoms with E-state index in [1.165, 1.54) is 0 Å². The fraction of sp³-hybridized carbons (Fsp3) is 0.120. The Balaban J connectivity index is 1.53. The highest BCUT2D eigenvalue weighted by Gasteiger charge is 2.23. The highest BCUT2D eigenvalue weighted by molar-refractivity contribution is 8.14. The van der Waals surface area contributed by atoms with Crippen molar-refractivity contribution in [2.45, 2.75) is 6.54 Å². The van der Waals surface area contributed by atoms with Crippen LogP contribution >= 0.6 is 23.4 Å². The molecule has 154 valence electrons. The zero-order valence-electron chi connectivity index (χ0n) is 16.9. The summed E-state index contributed by atoms with van der Waals surface area (Å²) in [7, 11) is 0. The molecule has 1 aliphatic heterocycles. The zero-order valence-corrected chi connectivity index (χ0v) is 18.4. The van der Waals surface area contributed by atoms with Gasteiger partial charge >= 0.3 is 0 Å². The fourth-order valence-corrected chi connectivity index (χ4v) is 4.85. The quantitative estimate of drug-likeness (QED) is 0.355. The minimum absolute atomic E-state index is 0.705. The van der Waals surface area contributed by atoms with Crippen molar-refractivity contribution in [1.29, 1.82) is 0 Å². The zero-order chi connectivity index (χ0) is 21.0. The van der Waals surface area contributed by atoms with E-state index in [2.05, 4.69) is 23.2 Å². The third-order valence-corrected chi connectivity index (χ3v) is 6.47. The summed E-state index contributed by atoms with van der Waals surface area (Å²) in [6.07, 6.45) is 2.11. The number of nitrogens with zero attached hydrogens (tertiary/aromatic N) is 4. The van der Waals surface area contributed by atoms with Gasteiger partial charge in [-0.25, -0.2) is 9.67 Å². The Morgan fingerprint density at radius 3 is 2.39 bits per heavy atom. The average Bonchev–Trinajstić information content (AvgIpc) is 3.43. The second-order valence-corrected chi connectivity index (χ2v) is 8.73.